The van der Waals surface area contributed by atoms with Crippen molar-refractivity contribution in [2.24, 2.45) is 11.8 Å². The summed E-state index contributed by atoms with van der Waals surface area (Å²) in [6.45, 7) is 1.91. The van der Waals surface area contributed by atoms with Gasteiger partial charge in [0, 0.05) is 5.92 Å². The molecule has 2 fully saturated rings. The zero-order chi connectivity index (χ0) is 11.8. The first-order valence-electron chi connectivity index (χ1n) is 5.85. The van der Waals surface area contributed by atoms with Crippen molar-refractivity contribution in [3.8, 4) is 0 Å². The molecule has 0 spiro atoms. The Hall–Kier alpha value is -0.810. The van der Waals surface area contributed by atoms with Crippen LogP contribution in [0.2, 0.25) is 0 Å². The molecule has 2 aliphatic rings. The fraction of sp³-hybridized carbons (Fsp3) is 0.909. The summed E-state index contributed by atoms with van der Waals surface area (Å²) >= 11 is 0. The number of alkyl carbamates (subject to hydrolysis) is 1. The van der Waals surface area contributed by atoms with E-state index < -0.39 is 17.7 Å². The highest BCUT2D eigenvalue weighted by atomic mass is 16.5. The average Bonchev–Trinajstić information content (AvgIpc) is 2.74. The van der Waals surface area contributed by atoms with Gasteiger partial charge in [0.25, 0.3) is 0 Å². The standard InChI is InChI=1S/C11H19NO4/c1-2-16-10(15)12-11(6-13)5-7-3-8(11)9(14)4-7/h7-9,13-14H,2-6H2,1H3,(H,12,15). The van der Waals surface area contributed by atoms with Crippen molar-refractivity contribution in [3.05, 3.63) is 0 Å². The molecular weight excluding hydrogens is 210 g/mol. The molecule has 5 nitrogen and oxygen atoms in total. The van der Waals surface area contributed by atoms with E-state index in [9.17, 15) is 15.0 Å². The summed E-state index contributed by atoms with van der Waals surface area (Å²) in [5, 5.41) is 22.1. The third kappa shape index (κ3) is 1.78. The van der Waals surface area contributed by atoms with Gasteiger partial charge in [-0.3, -0.25) is 0 Å². The quantitative estimate of drug-likeness (QED) is 0.648. The summed E-state index contributed by atoms with van der Waals surface area (Å²) in [4.78, 5) is 11.4. The molecule has 2 saturated carbocycles. The van der Waals surface area contributed by atoms with Crippen molar-refractivity contribution < 1.29 is 19.7 Å². The number of nitrogens with one attached hydrogen (secondary N) is 1. The predicted molar refractivity (Wildman–Crippen MR) is 56.8 cm³/mol. The highest BCUT2D eigenvalue weighted by molar-refractivity contribution is 5.68. The lowest BCUT2D eigenvalue weighted by atomic mass is 9.80. The van der Waals surface area contributed by atoms with E-state index in [4.69, 9.17) is 4.74 Å². The van der Waals surface area contributed by atoms with Gasteiger partial charge < -0.3 is 20.3 Å². The van der Waals surface area contributed by atoms with Crippen LogP contribution in [0.1, 0.15) is 26.2 Å². The second-order valence-electron chi connectivity index (χ2n) is 4.88. The van der Waals surface area contributed by atoms with E-state index >= 15 is 0 Å². The number of aliphatic hydroxyl groups excluding tert-OH is 2. The number of amides is 1. The highest BCUT2D eigenvalue weighted by Gasteiger charge is 2.56. The largest absolute Gasteiger partial charge is 0.450 e. The molecule has 1 amide bonds. The smallest absolute Gasteiger partial charge is 0.407 e. The average molecular weight is 229 g/mol. The maximum absolute atomic E-state index is 11.4. The van der Waals surface area contributed by atoms with Crippen molar-refractivity contribution in [2.75, 3.05) is 13.2 Å². The first kappa shape index (κ1) is 11.7. The second kappa shape index (κ2) is 4.22. The Balaban J connectivity index is 2.06. The van der Waals surface area contributed by atoms with Crippen LogP contribution in [0.5, 0.6) is 0 Å². The molecule has 2 bridgehead atoms. The number of fused-ring (bicyclic) bond motifs is 2. The lowest BCUT2D eigenvalue weighted by Crippen LogP contribution is -2.58. The van der Waals surface area contributed by atoms with Gasteiger partial charge in [-0.05, 0) is 32.1 Å². The topological polar surface area (TPSA) is 78.8 Å². The van der Waals surface area contributed by atoms with Crippen LogP contribution in [0.3, 0.4) is 0 Å². The van der Waals surface area contributed by atoms with E-state index in [0.29, 0.717) is 12.5 Å². The first-order valence-corrected chi connectivity index (χ1v) is 5.85. The van der Waals surface area contributed by atoms with Gasteiger partial charge in [0.05, 0.1) is 24.9 Å². The number of hydrogen-bond acceptors (Lipinski definition) is 4. The minimum absolute atomic E-state index is 0.0353. The highest BCUT2D eigenvalue weighted by Crippen LogP contribution is 2.50. The Labute approximate surface area is 94.8 Å². The Morgan fingerprint density at radius 3 is 2.81 bits per heavy atom. The Bertz CT molecular complexity index is 283. The van der Waals surface area contributed by atoms with Crippen LogP contribution < -0.4 is 5.32 Å². The molecule has 0 saturated heterocycles. The van der Waals surface area contributed by atoms with Crippen LogP contribution in [-0.4, -0.2) is 41.2 Å². The zero-order valence-corrected chi connectivity index (χ0v) is 9.48. The van der Waals surface area contributed by atoms with Crippen molar-refractivity contribution in [3.63, 3.8) is 0 Å². The number of carbonyl (C=O) groups is 1. The van der Waals surface area contributed by atoms with E-state index in [0.717, 1.165) is 19.3 Å². The van der Waals surface area contributed by atoms with Crippen molar-refractivity contribution in [2.45, 2.75) is 37.8 Å². The third-order valence-electron chi connectivity index (χ3n) is 3.90. The molecular formula is C11H19NO4. The molecule has 2 aliphatic carbocycles. The summed E-state index contributed by atoms with van der Waals surface area (Å²) in [5.74, 6) is 0.376. The molecule has 92 valence electrons. The Kier molecular flexibility index (Phi) is 3.08. The van der Waals surface area contributed by atoms with Crippen molar-refractivity contribution in [1.82, 2.24) is 5.32 Å². The Morgan fingerprint density at radius 1 is 1.56 bits per heavy atom. The molecule has 0 aromatic rings. The van der Waals surface area contributed by atoms with Gasteiger partial charge in [-0.15, -0.1) is 0 Å². The summed E-state index contributed by atoms with van der Waals surface area (Å²) in [6.07, 6.45) is 1.50. The molecule has 0 heterocycles. The molecule has 3 N–H and O–H groups in total. The first-order chi connectivity index (χ1) is 7.61. The molecule has 16 heavy (non-hydrogen) atoms. The molecule has 4 unspecified atom stereocenters. The van der Waals surface area contributed by atoms with Gasteiger partial charge >= 0.3 is 6.09 Å². The van der Waals surface area contributed by atoms with Crippen LogP contribution in [0.15, 0.2) is 0 Å². The zero-order valence-electron chi connectivity index (χ0n) is 9.48. The molecule has 2 rings (SSSR count). The number of ether oxygens (including phenoxy) is 1. The molecule has 0 aromatic carbocycles. The fourth-order valence-corrected chi connectivity index (χ4v) is 3.28. The second-order valence-corrected chi connectivity index (χ2v) is 4.88. The van der Waals surface area contributed by atoms with Gasteiger partial charge in [-0.25, -0.2) is 4.79 Å². The van der Waals surface area contributed by atoms with Crippen LogP contribution in [0.4, 0.5) is 4.79 Å². The van der Waals surface area contributed by atoms with Crippen LogP contribution in [0, 0.1) is 11.8 Å². The van der Waals surface area contributed by atoms with E-state index in [1.54, 1.807) is 6.92 Å². The third-order valence-corrected chi connectivity index (χ3v) is 3.90. The molecule has 5 heteroatoms. The Morgan fingerprint density at radius 2 is 2.31 bits per heavy atom. The normalized spacial score (nSPS) is 41.1. The number of rotatable bonds is 3. The van der Waals surface area contributed by atoms with Crippen molar-refractivity contribution in [1.29, 1.82) is 0 Å². The fourth-order valence-electron chi connectivity index (χ4n) is 3.28. The van der Waals surface area contributed by atoms with E-state index in [1.165, 1.54) is 0 Å². The SMILES string of the molecule is CCOC(=O)NC1(CO)CC2CC(O)C1C2. The lowest BCUT2D eigenvalue weighted by Gasteiger charge is -2.38. The summed E-state index contributed by atoms with van der Waals surface area (Å²) < 4.78 is 4.83. The number of hydrogen-bond donors (Lipinski definition) is 3. The molecule has 0 aliphatic heterocycles. The maximum atomic E-state index is 11.4. The minimum Gasteiger partial charge on any atom is -0.450 e. The maximum Gasteiger partial charge on any atom is 0.407 e. The van der Waals surface area contributed by atoms with Crippen LogP contribution in [-0.2, 0) is 4.74 Å². The van der Waals surface area contributed by atoms with Crippen LogP contribution >= 0.6 is 0 Å². The van der Waals surface area contributed by atoms with E-state index in [2.05, 4.69) is 5.32 Å². The lowest BCUT2D eigenvalue weighted by molar-refractivity contribution is 0.0166. The van der Waals surface area contributed by atoms with Crippen LogP contribution in [0.25, 0.3) is 0 Å². The predicted octanol–water partition coefficient (Wildman–Crippen LogP) is 0.254. The van der Waals surface area contributed by atoms with Gasteiger partial charge in [-0.2, -0.15) is 0 Å². The molecule has 0 aromatic heterocycles. The summed E-state index contributed by atoms with van der Waals surface area (Å²) in [5.41, 5.74) is -0.672. The van der Waals surface area contributed by atoms with Gasteiger partial charge in [0.1, 0.15) is 0 Å². The summed E-state index contributed by atoms with van der Waals surface area (Å²) in [6, 6.07) is 0. The summed E-state index contributed by atoms with van der Waals surface area (Å²) in [7, 11) is 0. The molecule has 4 atom stereocenters. The van der Waals surface area contributed by atoms with E-state index in [-0.39, 0.29) is 12.5 Å². The minimum atomic E-state index is -0.672. The number of aliphatic hydroxyl groups is 2. The van der Waals surface area contributed by atoms with E-state index in [1.807, 2.05) is 0 Å². The monoisotopic (exact) mass is 229 g/mol. The van der Waals surface area contributed by atoms with Gasteiger partial charge in [-0.1, -0.05) is 0 Å². The van der Waals surface area contributed by atoms with Gasteiger partial charge in [0.2, 0.25) is 0 Å². The molecule has 0 radical (unpaired) electrons. The number of carbonyl (C=O) groups excluding carboxylic acids is 1. The van der Waals surface area contributed by atoms with Crippen molar-refractivity contribution >= 4 is 6.09 Å². The van der Waals surface area contributed by atoms with Gasteiger partial charge in [0.15, 0.2) is 0 Å².